The smallest absolute Gasteiger partial charge is 0.235 e. The highest BCUT2D eigenvalue weighted by Gasteiger charge is 2.01. The van der Waals surface area contributed by atoms with Gasteiger partial charge in [-0.1, -0.05) is 0 Å². The summed E-state index contributed by atoms with van der Waals surface area (Å²) in [5.74, 6) is 0. The van der Waals surface area contributed by atoms with Crippen molar-refractivity contribution < 1.29 is 13.2 Å². The zero-order valence-corrected chi connectivity index (χ0v) is 6.21. The minimum Gasteiger partial charge on any atom is -0.245 e. The van der Waals surface area contributed by atoms with Crippen molar-refractivity contribution in [3.63, 3.8) is 0 Å². The summed E-state index contributed by atoms with van der Waals surface area (Å²) in [4.78, 5) is 0. The average Bonchev–Trinajstić information content (AvgIpc) is 1.19. The van der Waals surface area contributed by atoms with E-state index >= 15 is 0 Å². The molecule has 0 N–H and O–H groups in total. The van der Waals surface area contributed by atoms with Crippen LogP contribution in [0.4, 0.5) is 13.2 Å². The van der Waals surface area contributed by atoms with Crippen LogP contribution in [0.5, 0.6) is 0 Å². The lowest BCUT2D eigenvalue weighted by atomic mass is 10.2. The Labute approximate surface area is 54.1 Å². The molecule has 58 valence electrons. The second-order valence-corrected chi connectivity index (χ2v) is 2.59. The summed E-state index contributed by atoms with van der Waals surface area (Å²) in [5.41, 5.74) is -1.00. The SMILES string of the molecule is CC(C)(C)F.CC(F)F. The second kappa shape index (κ2) is 4.65. The normalized spacial score (nSPS) is 10.7. The van der Waals surface area contributed by atoms with Gasteiger partial charge in [0.1, 0.15) is 5.67 Å². The van der Waals surface area contributed by atoms with Crippen molar-refractivity contribution in [2.24, 2.45) is 0 Å². The quantitative estimate of drug-likeness (QED) is 0.487. The van der Waals surface area contributed by atoms with Crippen LogP contribution in [-0.4, -0.2) is 12.1 Å². The Bertz CT molecular complexity index is 45.1. The third-order valence-electron chi connectivity index (χ3n) is 0. The summed E-state index contributed by atoms with van der Waals surface area (Å²) in [6.45, 7) is 5.40. The minimum absolute atomic E-state index is 0.833. The van der Waals surface area contributed by atoms with E-state index in [-0.39, 0.29) is 0 Å². The Morgan fingerprint density at radius 1 is 1.11 bits per heavy atom. The Kier molecular flexibility index (Phi) is 5.98. The molecule has 0 aromatic carbocycles. The van der Waals surface area contributed by atoms with Gasteiger partial charge >= 0.3 is 0 Å². The van der Waals surface area contributed by atoms with Gasteiger partial charge in [-0.25, -0.2) is 13.2 Å². The Hall–Kier alpha value is -0.210. The van der Waals surface area contributed by atoms with Crippen molar-refractivity contribution in [3.8, 4) is 0 Å². The highest BCUT2D eigenvalue weighted by Crippen LogP contribution is 2.02. The monoisotopic (exact) mass is 142 g/mol. The molecule has 0 bridgehead atoms. The van der Waals surface area contributed by atoms with E-state index in [2.05, 4.69) is 0 Å². The zero-order chi connectivity index (χ0) is 8.08. The van der Waals surface area contributed by atoms with Crippen LogP contribution < -0.4 is 0 Å². The number of hydrogen-bond donors (Lipinski definition) is 0. The summed E-state index contributed by atoms with van der Waals surface area (Å²) in [6.07, 6.45) is -2.17. The molecule has 0 saturated heterocycles. The lowest BCUT2D eigenvalue weighted by Gasteiger charge is -1.99. The van der Waals surface area contributed by atoms with E-state index in [0.29, 0.717) is 0 Å². The lowest BCUT2D eigenvalue weighted by molar-refractivity contribution is 0.171. The van der Waals surface area contributed by atoms with Crippen molar-refractivity contribution in [2.45, 2.75) is 39.8 Å². The lowest BCUT2D eigenvalue weighted by Crippen LogP contribution is -2.01. The molecule has 0 aliphatic heterocycles. The molecule has 0 unspecified atom stereocenters. The van der Waals surface area contributed by atoms with Gasteiger partial charge < -0.3 is 0 Å². The first kappa shape index (κ1) is 11.6. The second-order valence-electron chi connectivity index (χ2n) is 2.59. The molecule has 0 nitrogen and oxygen atoms in total. The first-order valence-electron chi connectivity index (χ1n) is 2.70. The first-order chi connectivity index (χ1) is 3.73. The van der Waals surface area contributed by atoms with Crippen molar-refractivity contribution in [1.82, 2.24) is 0 Å². The van der Waals surface area contributed by atoms with Gasteiger partial charge in [0.25, 0.3) is 0 Å². The largest absolute Gasteiger partial charge is 0.245 e. The highest BCUT2D eigenvalue weighted by atomic mass is 19.3. The van der Waals surface area contributed by atoms with Gasteiger partial charge in [-0.15, -0.1) is 0 Å². The number of halogens is 3. The summed E-state index contributed by atoms with van der Waals surface area (Å²) in [6, 6.07) is 0. The zero-order valence-electron chi connectivity index (χ0n) is 6.21. The topological polar surface area (TPSA) is 0 Å². The van der Waals surface area contributed by atoms with Crippen molar-refractivity contribution >= 4 is 0 Å². The van der Waals surface area contributed by atoms with Crippen LogP contribution in [-0.2, 0) is 0 Å². The van der Waals surface area contributed by atoms with Crippen LogP contribution >= 0.6 is 0 Å². The Balaban J connectivity index is 0. The minimum atomic E-state index is -2.17. The molecular formula is C6H13F3. The molecule has 0 aromatic rings. The number of rotatable bonds is 0. The van der Waals surface area contributed by atoms with Crippen LogP contribution in [0.25, 0.3) is 0 Å². The molecule has 0 radical (unpaired) electrons. The fourth-order valence-electron chi connectivity index (χ4n) is 0. The molecule has 0 amide bonds. The standard InChI is InChI=1S/C4H9F.C2H4F2/c1-4(2,3)5;1-2(3)4/h1-3H3;2H,1H3. The van der Waals surface area contributed by atoms with E-state index < -0.39 is 12.1 Å². The van der Waals surface area contributed by atoms with Gasteiger partial charge in [0.15, 0.2) is 0 Å². The number of alkyl halides is 3. The average molecular weight is 142 g/mol. The molecule has 0 atom stereocenters. The number of hydrogen-bond acceptors (Lipinski definition) is 0. The van der Waals surface area contributed by atoms with Crippen LogP contribution in [0.2, 0.25) is 0 Å². The molecule has 0 aliphatic carbocycles. The predicted octanol–water partition coefficient (Wildman–Crippen LogP) is 3.03. The third kappa shape index (κ3) is 5920. The summed E-state index contributed by atoms with van der Waals surface area (Å²) in [5, 5.41) is 0. The molecule has 9 heavy (non-hydrogen) atoms. The van der Waals surface area contributed by atoms with Crippen LogP contribution in [0.3, 0.4) is 0 Å². The molecule has 0 heterocycles. The molecular weight excluding hydrogens is 129 g/mol. The maximum atomic E-state index is 11.7. The molecule has 3 heteroatoms. The molecule has 0 rings (SSSR count). The van der Waals surface area contributed by atoms with Crippen LogP contribution in [0.15, 0.2) is 0 Å². The van der Waals surface area contributed by atoms with Crippen molar-refractivity contribution in [3.05, 3.63) is 0 Å². The van der Waals surface area contributed by atoms with Gasteiger partial charge in [-0.3, -0.25) is 0 Å². The fraction of sp³-hybridized carbons (Fsp3) is 1.00. The van der Waals surface area contributed by atoms with Crippen molar-refractivity contribution in [1.29, 1.82) is 0 Å². The maximum Gasteiger partial charge on any atom is 0.235 e. The van der Waals surface area contributed by atoms with E-state index in [1.807, 2.05) is 0 Å². The van der Waals surface area contributed by atoms with Crippen molar-refractivity contribution in [2.75, 3.05) is 0 Å². The van der Waals surface area contributed by atoms with E-state index in [1.165, 1.54) is 20.8 Å². The third-order valence-corrected chi connectivity index (χ3v) is 0. The molecule has 0 aliphatic rings. The van der Waals surface area contributed by atoms with Gasteiger partial charge in [-0.05, 0) is 27.7 Å². The molecule has 0 spiro atoms. The van der Waals surface area contributed by atoms with E-state index in [1.54, 1.807) is 0 Å². The molecule has 0 aromatic heterocycles. The van der Waals surface area contributed by atoms with Crippen LogP contribution in [0, 0.1) is 0 Å². The van der Waals surface area contributed by atoms with Gasteiger partial charge in [0.2, 0.25) is 6.43 Å². The summed E-state index contributed by atoms with van der Waals surface area (Å²) < 4.78 is 32.4. The van der Waals surface area contributed by atoms with E-state index in [0.717, 1.165) is 6.92 Å². The van der Waals surface area contributed by atoms with Crippen LogP contribution in [0.1, 0.15) is 27.7 Å². The summed E-state index contributed by atoms with van der Waals surface area (Å²) in [7, 11) is 0. The Morgan fingerprint density at radius 2 is 1.11 bits per heavy atom. The van der Waals surface area contributed by atoms with Gasteiger partial charge in [0.05, 0.1) is 0 Å². The van der Waals surface area contributed by atoms with E-state index in [4.69, 9.17) is 0 Å². The summed E-state index contributed by atoms with van der Waals surface area (Å²) >= 11 is 0. The molecule has 0 saturated carbocycles. The molecule has 0 fully saturated rings. The maximum absolute atomic E-state index is 11.7. The first-order valence-corrected chi connectivity index (χ1v) is 2.70. The Morgan fingerprint density at radius 3 is 1.11 bits per heavy atom. The highest BCUT2D eigenvalue weighted by molar-refractivity contribution is 4.52. The predicted molar refractivity (Wildman–Crippen MR) is 32.5 cm³/mol. The van der Waals surface area contributed by atoms with Gasteiger partial charge in [0, 0.05) is 0 Å². The van der Waals surface area contributed by atoms with Gasteiger partial charge in [-0.2, -0.15) is 0 Å². The fourth-order valence-corrected chi connectivity index (χ4v) is 0. The van der Waals surface area contributed by atoms with E-state index in [9.17, 15) is 13.2 Å².